The van der Waals surface area contributed by atoms with Gasteiger partial charge in [-0.25, -0.2) is 8.42 Å². The Morgan fingerprint density at radius 2 is 1.80 bits per heavy atom. The molecular formula is C22H26N2O5S. The van der Waals surface area contributed by atoms with Crippen LogP contribution in [0.3, 0.4) is 0 Å². The molecule has 1 fully saturated rings. The molecule has 0 aliphatic carbocycles. The largest absolute Gasteiger partial charge is 0.497 e. The third-order valence-corrected chi connectivity index (χ3v) is 6.80. The number of piperidine rings is 1. The number of carbonyl (C=O) groups is 1. The number of sulfonamides is 1. The molecule has 1 heterocycles. The quantitative estimate of drug-likeness (QED) is 0.680. The van der Waals surface area contributed by atoms with E-state index in [1.54, 1.807) is 31.4 Å². The highest BCUT2D eigenvalue weighted by atomic mass is 32.2. The maximum absolute atomic E-state index is 13.1. The number of benzene rings is 2. The fourth-order valence-corrected chi connectivity index (χ4v) is 5.00. The molecule has 30 heavy (non-hydrogen) atoms. The Labute approximate surface area is 177 Å². The van der Waals surface area contributed by atoms with Crippen molar-refractivity contribution in [3.8, 4) is 11.5 Å². The molecule has 1 N–H and O–H groups in total. The highest BCUT2D eigenvalue weighted by Crippen LogP contribution is 2.31. The Kier molecular flexibility index (Phi) is 7.12. The van der Waals surface area contributed by atoms with Gasteiger partial charge < -0.3 is 14.8 Å². The molecule has 1 aliphatic rings. The monoisotopic (exact) mass is 430 g/mol. The first-order valence-corrected chi connectivity index (χ1v) is 11.2. The number of carbonyl (C=O) groups excluding carboxylic acids is 1. The van der Waals surface area contributed by atoms with Gasteiger partial charge in [0.15, 0.2) is 0 Å². The van der Waals surface area contributed by atoms with E-state index in [1.165, 1.54) is 23.6 Å². The minimum absolute atomic E-state index is 0.0569. The van der Waals surface area contributed by atoms with Crippen molar-refractivity contribution in [3.63, 3.8) is 0 Å². The van der Waals surface area contributed by atoms with Crippen LogP contribution in [0, 0.1) is 0 Å². The summed E-state index contributed by atoms with van der Waals surface area (Å²) in [6.45, 7) is 0.983. The van der Waals surface area contributed by atoms with Crippen molar-refractivity contribution in [2.45, 2.75) is 24.2 Å². The van der Waals surface area contributed by atoms with E-state index in [0.717, 1.165) is 24.8 Å². The SMILES string of the molecule is COc1cccc(C=CC(=O)Nc2ccc(OC)c(S(=O)(=O)N3CCCCC3)c2)c1. The van der Waals surface area contributed by atoms with Crippen molar-refractivity contribution in [2.75, 3.05) is 32.6 Å². The fraction of sp³-hybridized carbons (Fsp3) is 0.318. The summed E-state index contributed by atoms with van der Waals surface area (Å²) in [7, 11) is -0.693. The molecule has 2 aromatic carbocycles. The Balaban J connectivity index is 1.78. The lowest BCUT2D eigenvalue weighted by Gasteiger charge is -2.26. The van der Waals surface area contributed by atoms with Gasteiger partial charge in [0.25, 0.3) is 0 Å². The van der Waals surface area contributed by atoms with Crippen molar-refractivity contribution in [2.24, 2.45) is 0 Å². The number of hydrogen-bond acceptors (Lipinski definition) is 5. The Morgan fingerprint density at radius 3 is 2.50 bits per heavy atom. The van der Waals surface area contributed by atoms with Gasteiger partial charge >= 0.3 is 0 Å². The lowest BCUT2D eigenvalue weighted by molar-refractivity contribution is -0.111. The van der Waals surface area contributed by atoms with Gasteiger partial charge in [-0.05, 0) is 54.8 Å². The number of rotatable bonds is 7. The summed E-state index contributed by atoms with van der Waals surface area (Å²) in [5.74, 6) is 0.579. The lowest BCUT2D eigenvalue weighted by Crippen LogP contribution is -2.35. The molecular weight excluding hydrogens is 404 g/mol. The van der Waals surface area contributed by atoms with Gasteiger partial charge in [-0.1, -0.05) is 18.6 Å². The summed E-state index contributed by atoms with van der Waals surface area (Å²) in [5.41, 5.74) is 1.19. The molecule has 160 valence electrons. The number of anilines is 1. The number of nitrogens with one attached hydrogen (secondary N) is 1. The summed E-state index contributed by atoms with van der Waals surface area (Å²) in [6.07, 6.45) is 5.75. The van der Waals surface area contributed by atoms with Gasteiger partial charge in [-0.15, -0.1) is 0 Å². The molecule has 0 atom stereocenters. The van der Waals surface area contributed by atoms with Crippen LogP contribution in [0.25, 0.3) is 6.08 Å². The number of ether oxygens (including phenoxy) is 2. The van der Waals surface area contributed by atoms with Crippen LogP contribution in [0.2, 0.25) is 0 Å². The molecule has 0 radical (unpaired) electrons. The van der Waals surface area contributed by atoms with Gasteiger partial charge in [0.2, 0.25) is 15.9 Å². The highest BCUT2D eigenvalue weighted by molar-refractivity contribution is 7.89. The van der Waals surface area contributed by atoms with Crippen LogP contribution in [-0.2, 0) is 14.8 Å². The highest BCUT2D eigenvalue weighted by Gasteiger charge is 2.29. The number of nitrogens with zero attached hydrogens (tertiary/aromatic N) is 1. The zero-order valence-corrected chi connectivity index (χ0v) is 17.9. The van der Waals surface area contributed by atoms with Crippen molar-refractivity contribution in [1.29, 1.82) is 0 Å². The van der Waals surface area contributed by atoms with Crippen molar-refractivity contribution in [1.82, 2.24) is 4.31 Å². The summed E-state index contributed by atoms with van der Waals surface area (Å²) in [4.78, 5) is 12.4. The minimum Gasteiger partial charge on any atom is -0.497 e. The van der Waals surface area contributed by atoms with Crippen molar-refractivity contribution < 1.29 is 22.7 Å². The van der Waals surface area contributed by atoms with Crippen LogP contribution in [-0.4, -0.2) is 45.9 Å². The first-order chi connectivity index (χ1) is 14.4. The van der Waals surface area contributed by atoms with Crippen LogP contribution < -0.4 is 14.8 Å². The molecule has 0 unspecified atom stereocenters. The number of amides is 1. The van der Waals surface area contributed by atoms with E-state index >= 15 is 0 Å². The lowest BCUT2D eigenvalue weighted by atomic mass is 10.2. The molecule has 8 heteroatoms. The van der Waals surface area contributed by atoms with Gasteiger partial charge in [-0.2, -0.15) is 4.31 Å². The third kappa shape index (κ3) is 5.20. The van der Waals surface area contributed by atoms with E-state index < -0.39 is 10.0 Å². The molecule has 0 saturated carbocycles. The van der Waals surface area contributed by atoms with Crippen molar-refractivity contribution >= 4 is 27.7 Å². The van der Waals surface area contributed by atoms with Gasteiger partial charge in [-0.3, -0.25) is 4.79 Å². The maximum atomic E-state index is 13.1. The van der Waals surface area contributed by atoms with Crippen LogP contribution in [0.1, 0.15) is 24.8 Å². The zero-order chi connectivity index (χ0) is 21.6. The predicted octanol–water partition coefficient (Wildman–Crippen LogP) is 3.53. The van der Waals surface area contributed by atoms with Crippen LogP contribution in [0.5, 0.6) is 11.5 Å². The first kappa shape index (κ1) is 21.9. The van der Waals surface area contributed by atoms with Crippen molar-refractivity contribution in [3.05, 3.63) is 54.1 Å². The molecule has 1 aliphatic heterocycles. The standard InChI is InChI=1S/C22H26N2O5S/c1-28-19-8-6-7-17(15-19)9-12-22(25)23-18-10-11-20(29-2)21(16-18)30(26,27)24-13-4-3-5-14-24/h6-12,15-16H,3-5,13-14H2,1-2H3,(H,23,25). The van der Waals surface area contributed by atoms with Gasteiger partial charge in [0.1, 0.15) is 16.4 Å². The zero-order valence-electron chi connectivity index (χ0n) is 17.1. The van der Waals surface area contributed by atoms with Gasteiger partial charge in [0, 0.05) is 24.9 Å². The molecule has 0 spiro atoms. The fourth-order valence-electron chi connectivity index (χ4n) is 3.30. The average molecular weight is 431 g/mol. The Morgan fingerprint density at radius 1 is 1.03 bits per heavy atom. The average Bonchev–Trinajstić information content (AvgIpc) is 2.78. The summed E-state index contributed by atoms with van der Waals surface area (Å²) >= 11 is 0. The van der Waals surface area contributed by atoms with E-state index in [0.29, 0.717) is 24.5 Å². The second-order valence-electron chi connectivity index (χ2n) is 6.93. The summed E-state index contributed by atoms with van der Waals surface area (Å²) in [6, 6.07) is 11.9. The topological polar surface area (TPSA) is 84.9 Å². The predicted molar refractivity (Wildman–Crippen MR) is 116 cm³/mol. The molecule has 0 aromatic heterocycles. The van der Waals surface area contributed by atoms with E-state index in [2.05, 4.69) is 5.32 Å². The normalized spacial score (nSPS) is 15.1. The first-order valence-electron chi connectivity index (χ1n) is 9.75. The molecule has 3 rings (SSSR count). The second kappa shape index (κ2) is 9.77. The van der Waals surface area contributed by atoms with E-state index in [4.69, 9.17) is 9.47 Å². The van der Waals surface area contributed by atoms with E-state index in [-0.39, 0.29) is 16.6 Å². The molecule has 0 bridgehead atoms. The summed E-state index contributed by atoms with van der Waals surface area (Å²) < 4.78 is 38.1. The second-order valence-corrected chi connectivity index (χ2v) is 8.84. The maximum Gasteiger partial charge on any atom is 0.248 e. The number of hydrogen-bond donors (Lipinski definition) is 1. The Hall–Kier alpha value is -2.84. The van der Waals surface area contributed by atoms with Crippen LogP contribution in [0.4, 0.5) is 5.69 Å². The molecule has 7 nitrogen and oxygen atoms in total. The van der Waals surface area contributed by atoms with Gasteiger partial charge in [0.05, 0.1) is 14.2 Å². The minimum atomic E-state index is -3.70. The molecule has 1 saturated heterocycles. The summed E-state index contributed by atoms with van der Waals surface area (Å²) in [5, 5.41) is 2.71. The number of methoxy groups -OCH3 is 2. The van der Waals surface area contributed by atoms with Crippen LogP contribution in [0.15, 0.2) is 53.4 Å². The van der Waals surface area contributed by atoms with E-state index in [9.17, 15) is 13.2 Å². The van der Waals surface area contributed by atoms with E-state index in [1.807, 2.05) is 18.2 Å². The van der Waals surface area contributed by atoms with Crippen LogP contribution >= 0.6 is 0 Å². The molecule has 1 amide bonds. The Bertz CT molecular complexity index is 1030. The third-order valence-electron chi connectivity index (χ3n) is 4.88. The smallest absolute Gasteiger partial charge is 0.248 e. The molecule has 2 aromatic rings.